The Morgan fingerprint density at radius 1 is 1.17 bits per heavy atom. The van der Waals surface area contributed by atoms with Crippen molar-refractivity contribution in [2.24, 2.45) is 0 Å². The molecule has 0 heterocycles. The van der Waals surface area contributed by atoms with E-state index in [0.717, 1.165) is 39.1 Å². The summed E-state index contributed by atoms with van der Waals surface area (Å²) in [6, 6.07) is 8.68. The molecule has 0 spiro atoms. The van der Waals surface area contributed by atoms with Crippen LogP contribution in [0, 0.1) is 0 Å². The minimum absolute atomic E-state index is 1.06. The molecular weight excluding hydrogens is 220 g/mol. The Kier molecular flexibility index (Phi) is 7.38. The van der Waals surface area contributed by atoms with Gasteiger partial charge in [0.05, 0.1) is 0 Å². The highest BCUT2D eigenvalue weighted by atomic mass is 15.1. The predicted molar refractivity (Wildman–Crippen MR) is 80.9 cm³/mol. The number of likely N-dealkylation sites (N-methyl/N-ethyl adjacent to an activating group) is 2. The van der Waals surface area contributed by atoms with E-state index in [0.29, 0.717) is 0 Å². The van der Waals surface area contributed by atoms with Gasteiger partial charge < -0.3 is 10.2 Å². The molecule has 0 fully saturated rings. The van der Waals surface area contributed by atoms with Crippen molar-refractivity contribution < 1.29 is 0 Å². The first kappa shape index (κ1) is 14.9. The molecule has 0 atom stereocenters. The number of hydrogen-bond donors (Lipinski definition) is 1. The molecule has 0 aliphatic carbocycles. The zero-order valence-electron chi connectivity index (χ0n) is 11.8. The maximum atomic E-state index is 3.77. The molecule has 0 aromatic heterocycles. The zero-order valence-corrected chi connectivity index (χ0v) is 11.8. The van der Waals surface area contributed by atoms with Gasteiger partial charge in [-0.15, -0.1) is 0 Å². The topological polar surface area (TPSA) is 15.3 Å². The molecule has 0 saturated carbocycles. The van der Waals surface area contributed by atoms with Crippen LogP contribution in [-0.2, 0) is 6.42 Å². The van der Waals surface area contributed by atoms with Gasteiger partial charge in [0.15, 0.2) is 0 Å². The highest BCUT2D eigenvalue weighted by Crippen LogP contribution is 2.06. The van der Waals surface area contributed by atoms with Crippen LogP contribution < -0.4 is 5.32 Å². The van der Waals surface area contributed by atoms with Crippen molar-refractivity contribution in [3.05, 3.63) is 42.0 Å². The molecular formula is C16H26N2. The minimum atomic E-state index is 1.06. The van der Waals surface area contributed by atoms with Crippen molar-refractivity contribution in [1.29, 1.82) is 0 Å². The first-order valence-corrected chi connectivity index (χ1v) is 6.94. The van der Waals surface area contributed by atoms with Gasteiger partial charge in [-0.25, -0.2) is 0 Å². The molecule has 0 amide bonds. The molecule has 18 heavy (non-hydrogen) atoms. The Hall–Kier alpha value is -1.12. The van der Waals surface area contributed by atoms with E-state index in [9.17, 15) is 0 Å². The molecule has 0 aliphatic rings. The second-order valence-corrected chi connectivity index (χ2v) is 4.48. The quantitative estimate of drug-likeness (QED) is 0.674. The van der Waals surface area contributed by atoms with Gasteiger partial charge in [0.2, 0.25) is 0 Å². The fraction of sp³-hybridized carbons (Fsp3) is 0.500. The Morgan fingerprint density at radius 2 is 1.89 bits per heavy atom. The second-order valence-electron chi connectivity index (χ2n) is 4.48. The zero-order chi connectivity index (χ0) is 13.2. The van der Waals surface area contributed by atoms with Gasteiger partial charge in [-0.05, 0) is 30.6 Å². The lowest BCUT2D eigenvalue weighted by Gasteiger charge is -2.20. The van der Waals surface area contributed by atoms with Crippen molar-refractivity contribution >= 4 is 6.08 Å². The average Bonchev–Trinajstić information content (AvgIpc) is 2.43. The largest absolute Gasteiger partial charge is 0.316 e. The van der Waals surface area contributed by atoms with Crippen molar-refractivity contribution in [3.8, 4) is 0 Å². The van der Waals surface area contributed by atoms with E-state index in [1.165, 1.54) is 11.1 Å². The second kappa shape index (κ2) is 8.90. The van der Waals surface area contributed by atoms with Crippen LogP contribution in [-0.4, -0.2) is 37.6 Å². The minimum Gasteiger partial charge on any atom is -0.316 e. The molecule has 100 valence electrons. The summed E-state index contributed by atoms with van der Waals surface area (Å²) >= 11 is 0. The fourth-order valence-corrected chi connectivity index (χ4v) is 1.95. The van der Waals surface area contributed by atoms with Gasteiger partial charge in [0.1, 0.15) is 0 Å². The van der Waals surface area contributed by atoms with Crippen LogP contribution in [0.2, 0.25) is 0 Å². The summed E-state index contributed by atoms with van der Waals surface area (Å²) in [6.07, 6.45) is 3.01. The molecule has 1 rings (SSSR count). The molecule has 0 radical (unpaired) electrons. The van der Waals surface area contributed by atoms with Gasteiger partial charge in [-0.1, -0.05) is 50.8 Å². The number of hydrogen-bond acceptors (Lipinski definition) is 2. The van der Waals surface area contributed by atoms with E-state index in [4.69, 9.17) is 0 Å². The summed E-state index contributed by atoms with van der Waals surface area (Å²) in [5, 5.41) is 3.37. The van der Waals surface area contributed by atoms with Crippen LogP contribution in [0.4, 0.5) is 0 Å². The van der Waals surface area contributed by atoms with Crippen molar-refractivity contribution in [2.75, 3.05) is 32.7 Å². The van der Waals surface area contributed by atoms with Crippen LogP contribution in [0.5, 0.6) is 0 Å². The molecule has 0 saturated heterocycles. The lowest BCUT2D eigenvalue weighted by Crippen LogP contribution is -2.33. The van der Waals surface area contributed by atoms with Crippen molar-refractivity contribution in [3.63, 3.8) is 0 Å². The van der Waals surface area contributed by atoms with Crippen molar-refractivity contribution in [1.82, 2.24) is 10.2 Å². The Labute approximate surface area is 112 Å². The predicted octanol–water partition coefficient (Wildman–Crippen LogP) is 2.80. The molecule has 2 nitrogen and oxygen atoms in total. The lowest BCUT2D eigenvalue weighted by molar-refractivity contribution is 0.291. The van der Waals surface area contributed by atoms with Gasteiger partial charge in [0.25, 0.3) is 0 Å². The van der Waals surface area contributed by atoms with Crippen LogP contribution in [0.1, 0.15) is 25.0 Å². The summed E-state index contributed by atoms with van der Waals surface area (Å²) in [6.45, 7) is 13.7. The first-order chi connectivity index (χ1) is 8.80. The lowest BCUT2D eigenvalue weighted by atomic mass is 10.1. The van der Waals surface area contributed by atoms with E-state index in [1.807, 2.05) is 6.08 Å². The third-order valence-electron chi connectivity index (χ3n) is 3.23. The maximum Gasteiger partial charge on any atom is 0.0107 e. The normalized spacial score (nSPS) is 10.8. The first-order valence-electron chi connectivity index (χ1n) is 6.94. The summed E-state index contributed by atoms with van der Waals surface area (Å²) < 4.78 is 0. The standard InChI is InChI=1S/C16H26N2/c1-4-15-7-9-16(10-8-15)11-13-18(6-3)14-12-17-5-2/h4,7-10,17H,1,5-6,11-14H2,2-3H3. The molecule has 0 bridgehead atoms. The highest BCUT2D eigenvalue weighted by molar-refractivity contribution is 5.47. The molecule has 0 aliphatic heterocycles. The van der Waals surface area contributed by atoms with Gasteiger partial charge in [0, 0.05) is 19.6 Å². The Balaban J connectivity index is 2.34. The average molecular weight is 246 g/mol. The van der Waals surface area contributed by atoms with Gasteiger partial charge in [-0.3, -0.25) is 0 Å². The Morgan fingerprint density at radius 3 is 2.44 bits per heavy atom. The van der Waals surface area contributed by atoms with Gasteiger partial charge in [-0.2, -0.15) is 0 Å². The van der Waals surface area contributed by atoms with Crippen LogP contribution in [0.25, 0.3) is 6.08 Å². The van der Waals surface area contributed by atoms with Crippen LogP contribution >= 0.6 is 0 Å². The summed E-state index contributed by atoms with van der Waals surface area (Å²) in [5.74, 6) is 0. The Bertz CT molecular complexity index is 329. The van der Waals surface area contributed by atoms with Crippen LogP contribution in [0.3, 0.4) is 0 Å². The smallest absolute Gasteiger partial charge is 0.0107 e. The summed E-state index contributed by atoms with van der Waals surface area (Å²) in [7, 11) is 0. The van der Waals surface area contributed by atoms with E-state index in [-0.39, 0.29) is 0 Å². The highest BCUT2D eigenvalue weighted by Gasteiger charge is 2.02. The number of rotatable bonds is 9. The molecule has 1 aromatic carbocycles. The summed E-state index contributed by atoms with van der Waals surface area (Å²) in [5.41, 5.74) is 2.60. The third-order valence-corrected chi connectivity index (χ3v) is 3.23. The number of nitrogens with one attached hydrogen (secondary N) is 1. The van der Waals surface area contributed by atoms with E-state index >= 15 is 0 Å². The number of benzene rings is 1. The molecule has 0 unspecified atom stereocenters. The summed E-state index contributed by atoms with van der Waals surface area (Å²) in [4.78, 5) is 2.49. The fourth-order valence-electron chi connectivity index (χ4n) is 1.95. The van der Waals surface area contributed by atoms with Gasteiger partial charge >= 0.3 is 0 Å². The molecule has 2 heteroatoms. The SMILES string of the molecule is C=Cc1ccc(CCN(CC)CCNCC)cc1. The van der Waals surface area contributed by atoms with E-state index < -0.39 is 0 Å². The molecule has 1 N–H and O–H groups in total. The molecule has 1 aromatic rings. The third kappa shape index (κ3) is 5.48. The van der Waals surface area contributed by atoms with E-state index in [2.05, 4.69) is 54.9 Å². The number of nitrogens with zero attached hydrogens (tertiary/aromatic N) is 1. The maximum absolute atomic E-state index is 3.77. The monoisotopic (exact) mass is 246 g/mol. The van der Waals surface area contributed by atoms with E-state index in [1.54, 1.807) is 0 Å². The van der Waals surface area contributed by atoms with Crippen LogP contribution in [0.15, 0.2) is 30.8 Å². The van der Waals surface area contributed by atoms with Crippen molar-refractivity contribution in [2.45, 2.75) is 20.3 Å².